The van der Waals surface area contributed by atoms with E-state index in [0.29, 0.717) is 6.54 Å². The summed E-state index contributed by atoms with van der Waals surface area (Å²) in [4.78, 5) is 11.8. The highest BCUT2D eigenvalue weighted by Gasteiger charge is 2.20. The highest BCUT2D eigenvalue weighted by molar-refractivity contribution is 5.78. The van der Waals surface area contributed by atoms with Crippen LogP contribution in [0.5, 0.6) is 0 Å². The Labute approximate surface area is 97.4 Å². The second kappa shape index (κ2) is 7.63. The number of carbonyl (C=O) groups is 1. The average Bonchev–Trinajstić information content (AvgIpc) is 2.55. The lowest BCUT2D eigenvalue weighted by molar-refractivity contribution is -0.126. The van der Waals surface area contributed by atoms with Gasteiger partial charge in [0.1, 0.15) is 0 Å². The maximum absolute atomic E-state index is 11.8. The molecular formula is C12H23NO3. The standard InChI is InChI=1S/C12H23NO3/c1-16-9-11(14)8-13-12(15)10-6-4-2-3-5-7-10/h10-11,14H,2-9H2,1H3,(H,13,15). The molecule has 0 radical (unpaired) electrons. The highest BCUT2D eigenvalue weighted by atomic mass is 16.5. The zero-order valence-corrected chi connectivity index (χ0v) is 10.1. The molecule has 94 valence electrons. The van der Waals surface area contributed by atoms with Crippen LogP contribution in [0.2, 0.25) is 0 Å². The lowest BCUT2D eigenvalue weighted by atomic mass is 9.99. The summed E-state index contributed by atoms with van der Waals surface area (Å²) < 4.78 is 4.80. The van der Waals surface area contributed by atoms with Crippen LogP contribution in [0.1, 0.15) is 38.5 Å². The van der Waals surface area contributed by atoms with Gasteiger partial charge >= 0.3 is 0 Å². The van der Waals surface area contributed by atoms with Gasteiger partial charge in [0.2, 0.25) is 5.91 Å². The largest absolute Gasteiger partial charge is 0.389 e. The van der Waals surface area contributed by atoms with E-state index in [1.54, 1.807) is 0 Å². The van der Waals surface area contributed by atoms with Crippen LogP contribution in [0.3, 0.4) is 0 Å². The Bertz CT molecular complexity index is 200. The molecule has 2 N–H and O–H groups in total. The van der Waals surface area contributed by atoms with Crippen LogP contribution in [0.15, 0.2) is 0 Å². The van der Waals surface area contributed by atoms with Gasteiger partial charge in [0.05, 0.1) is 12.7 Å². The van der Waals surface area contributed by atoms with Crippen LogP contribution in [0.4, 0.5) is 0 Å². The third-order valence-corrected chi connectivity index (χ3v) is 3.10. The van der Waals surface area contributed by atoms with E-state index >= 15 is 0 Å². The van der Waals surface area contributed by atoms with E-state index in [2.05, 4.69) is 5.32 Å². The van der Waals surface area contributed by atoms with E-state index in [0.717, 1.165) is 25.7 Å². The number of rotatable bonds is 5. The molecule has 0 bridgehead atoms. The third kappa shape index (κ3) is 4.94. The minimum atomic E-state index is -0.597. The van der Waals surface area contributed by atoms with Gasteiger partial charge < -0.3 is 15.2 Å². The van der Waals surface area contributed by atoms with Gasteiger partial charge in [0.15, 0.2) is 0 Å². The molecule has 0 aromatic heterocycles. The molecule has 1 aliphatic rings. The van der Waals surface area contributed by atoms with Gasteiger partial charge in [-0.2, -0.15) is 0 Å². The van der Waals surface area contributed by atoms with Gasteiger partial charge in [0, 0.05) is 19.6 Å². The van der Waals surface area contributed by atoms with Gasteiger partial charge in [-0.1, -0.05) is 25.7 Å². The van der Waals surface area contributed by atoms with Crippen molar-refractivity contribution in [2.24, 2.45) is 5.92 Å². The lowest BCUT2D eigenvalue weighted by Gasteiger charge is -2.16. The van der Waals surface area contributed by atoms with Crippen LogP contribution in [0, 0.1) is 5.92 Å². The van der Waals surface area contributed by atoms with E-state index in [1.807, 2.05) is 0 Å². The van der Waals surface area contributed by atoms with E-state index < -0.39 is 6.10 Å². The maximum Gasteiger partial charge on any atom is 0.223 e. The summed E-state index contributed by atoms with van der Waals surface area (Å²) in [6.07, 6.45) is 6.18. The lowest BCUT2D eigenvalue weighted by Crippen LogP contribution is -2.37. The van der Waals surface area contributed by atoms with Crippen molar-refractivity contribution in [1.82, 2.24) is 5.32 Å². The summed E-state index contributed by atoms with van der Waals surface area (Å²) in [6.45, 7) is 0.564. The molecule has 1 saturated carbocycles. The first kappa shape index (κ1) is 13.5. The molecule has 0 saturated heterocycles. The molecule has 4 nitrogen and oxygen atoms in total. The van der Waals surface area contributed by atoms with Crippen LogP contribution < -0.4 is 5.32 Å². The number of hydrogen-bond acceptors (Lipinski definition) is 3. The van der Waals surface area contributed by atoms with Crippen molar-refractivity contribution in [1.29, 1.82) is 0 Å². The van der Waals surface area contributed by atoms with Gasteiger partial charge in [-0.05, 0) is 12.8 Å². The molecule has 0 spiro atoms. The molecule has 0 aromatic carbocycles. The van der Waals surface area contributed by atoms with Crippen molar-refractivity contribution in [2.75, 3.05) is 20.3 Å². The molecule has 1 unspecified atom stereocenters. The van der Waals surface area contributed by atoms with Crippen molar-refractivity contribution in [3.63, 3.8) is 0 Å². The molecule has 1 fully saturated rings. The SMILES string of the molecule is COCC(O)CNC(=O)C1CCCCCC1. The first-order valence-electron chi connectivity index (χ1n) is 6.18. The molecule has 16 heavy (non-hydrogen) atoms. The van der Waals surface area contributed by atoms with Gasteiger partial charge in [-0.25, -0.2) is 0 Å². The van der Waals surface area contributed by atoms with Crippen molar-refractivity contribution in [2.45, 2.75) is 44.6 Å². The predicted octanol–water partition coefficient (Wildman–Crippen LogP) is 1.08. The molecule has 1 atom stereocenters. The Morgan fingerprint density at radius 3 is 2.56 bits per heavy atom. The van der Waals surface area contributed by atoms with Gasteiger partial charge in [-0.3, -0.25) is 4.79 Å². The normalized spacial score (nSPS) is 20.1. The average molecular weight is 229 g/mol. The first-order valence-corrected chi connectivity index (χ1v) is 6.18. The summed E-state index contributed by atoms with van der Waals surface area (Å²) in [5.41, 5.74) is 0. The van der Waals surface area contributed by atoms with Gasteiger partial charge in [-0.15, -0.1) is 0 Å². The summed E-state index contributed by atoms with van der Waals surface area (Å²) in [5, 5.41) is 12.2. The molecule has 0 aliphatic heterocycles. The zero-order valence-electron chi connectivity index (χ0n) is 10.1. The van der Waals surface area contributed by atoms with Crippen molar-refractivity contribution >= 4 is 5.91 Å². The minimum Gasteiger partial charge on any atom is -0.389 e. The Morgan fingerprint density at radius 1 is 1.38 bits per heavy atom. The number of amides is 1. The second-order valence-electron chi connectivity index (χ2n) is 4.54. The summed E-state index contributed by atoms with van der Waals surface area (Å²) in [5.74, 6) is 0.245. The number of aliphatic hydroxyl groups is 1. The van der Waals surface area contributed by atoms with E-state index in [9.17, 15) is 9.90 Å². The fourth-order valence-corrected chi connectivity index (χ4v) is 2.16. The number of carbonyl (C=O) groups excluding carboxylic acids is 1. The summed E-state index contributed by atoms with van der Waals surface area (Å²) >= 11 is 0. The number of nitrogens with one attached hydrogen (secondary N) is 1. The monoisotopic (exact) mass is 229 g/mol. The predicted molar refractivity (Wildman–Crippen MR) is 62.1 cm³/mol. The van der Waals surface area contributed by atoms with E-state index in [-0.39, 0.29) is 18.4 Å². The van der Waals surface area contributed by atoms with Crippen LogP contribution in [-0.4, -0.2) is 37.4 Å². The number of methoxy groups -OCH3 is 1. The number of ether oxygens (including phenoxy) is 1. The first-order chi connectivity index (χ1) is 7.74. The molecule has 1 rings (SSSR count). The van der Waals surface area contributed by atoms with Crippen LogP contribution in [-0.2, 0) is 9.53 Å². The Kier molecular flexibility index (Phi) is 6.42. The highest BCUT2D eigenvalue weighted by Crippen LogP contribution is 2.22. The van der Waals surface area contributed by atoms with Crippen molar-refractivity contribution < 1.29 is 14.6 Å². The van der Waals surface area contributed by atoms with E-state index in [4.69, 9.17) is 4.74 Å². The Morgan fingerprint density at radius 2 is 2.00 bits per heavy atom. The zero-order chi connectivity index (χ0) is 11.8. The Balaban J connectivity index is 2.22. The fourth-order valence-electron chi connectivity index (χ4n) is 2.16. The molecule has 0 heterocycles. The molecule has 1 aliphatic carbocycles. The van der Waals surface area contributed by atoms with Gasteiger partial charge in [0.25, 0.3) is 0 Å². The summed E-state index contributed by atoms with van der Waals surface area (Å²) in [6, 6.07) is 0. The molecule has 1 amide bonds. The van der Waals surface area contributed by atoms with Crippen LogP contribution >= 0.6 is 0 Å². The topological polar surface area (TPSA) is 58.6 Å². The maximum atomic E-state index is 11.8. The second-order valence-corrected chi connectivity index (χ2v) is 4.54. The van der Waals surface area contributed by atoms with E-state index in [1.165, 1.54) is 20.0 Å². The molecular weight excluding hydrogens is 206 g/mol. The Hall–Kier alpha value is -0.610. The van der Waals surface area contributed by atoms with Crippen molar-refractivity contribution in [3.05, 3.63) is 0 Å². The number of aliphatic hydroxyl groups excluding tert-OH is 1. The third-order valence-electron chi connectivity index (χ3n) is 3.10. The smallest absolute Gasteiger partial charge is 0.223 e. The molecule has 4 heteroatoms. The van der Waals surface area contributed by atoms with Crippen LogP contribution in [0.25, 0.3) is 0 Å². The molecule has 0 aromatic rings. The fraction of sp³-hybridized carbons (Fsp3) is 0.917. The quantitative estimate of drug-likeness (QED) is 0.694. The number of hydrogen-bond donors (Lipinski definition) is 2. The minimum absolute atomic E-state index is 0.0945. The van der Waals surface area contributed by atoms with Crippen molar-refractivity contribution in [3.8, 4) is 0 Å². The summed E-state index contributed by atoms with van der Waals surface area (Å²) in [7, 11) is 1.54.